The van der Waals surface area contributed by atoms with E-state index in [0.29, 0.717) is 19.6 Å². The molecule has 0 amide bonds. The maximum atomic E-state index is 8.77. The molecule has 2 aromatic carbocycles. The van der Waals surface area contributed by atoms with Crippen LogP contribution in [0.15, 0.2) is 34.8 Å². The number of rotatable bonds is 6. The zero-order chi connectivity index (χ0) is 13.7. The summed E-state index contributed by atoms with van der Waals surface area (Å²) in [6.45, 7) is 3.54. The average molecular weight is 323 g/mol. The largest absolute Gasteiger partial charge is 0.396 e. The van der Waals surface area contributed by atoms with E-state index < -0.39 is 0 Å². The van der Waals surface area contributed by atoms with Gasteiger partial charge in [-0.15, -0.1) is 0 Å². The van der Waals surface area contributed by atoms with Crippen LogP contribution in [0.3, 0.4) is 0 Å². The highest BCUT2D eigenvalue weighted by Crippen LogP contribution is 2.31. The molecule has 19 heavy (non-hydrogen) atoms. The molecular weight excluding hydrogens is 304 g/mol. The number of ether oxygens (including phenoxy) is 1. The summed E-state index contributed by atoms with van der Waals surface area (Å²) in [5.41, 5.74) is 2.52. The van der Waals surface area contributed by atoms with E-state index in [1.54, 1.807) is 0 Å². The van der Waals surface area contributed by atoms with E-state index in [0.717, 1.165) is 6.42 Å². The Balaban J connectivity index is 2.33. The van der Waals surface area contributed by atoms with Crippen LogP contribution >= 0.6 is 15.9 Å². The van der Waals surface area contributed by atoms with E-state index in [-0.39, 0.29) is 6.61 Å². The lowest BCUT2D eigenvalue weighted by molar-refractivity contribution is 0.105. The molecule has 0 heterocycles. The molecule has 0 saturated carbocycles. The summed E-state index contributed by atoms with van der Waals surface area (Å²) in [6.07, 6.45) is 1.68. The second-order valence-corrected chi connectivity index (χ2v) is 5.33. The van der Waals surface area contributed by atoms with Gasteiger partial charge in [0, 0.05) is 17.7 Å². The molecule has 2 rings (SSSR count). The molecule has 0 fully saturated rings. The first-order valence-electron chi connectivity index (χ1n) is 6.65. The van der Waals surface area contributed by atoms with Crippen molar-refractivity contribution in [3.63, 3.8) is 0 Å². The van der Waals surface area contributed by atoms with Gasteiger partial charge in [0.15, 0.2) is 0 Å². The lowest BCUT2D eigenvalue weighted by Crippen LogP contribution is -2.00. The SMILES string of the molecule is CCc1cc(COCCCO)c2ccccc2c1Br. The van der Waals surface area contributed by atoms with Crippen molar-refractivity contribution in [3.05, 3.63) is 45.9 Å². The molecule has 3 heteroatoms. The molecule has 0 aliphatic carbocycles. The van der Waals surface area contributed by atoms with Crippen molar-refractivity contribution in [2.45, 2.75) is 26.4 Å². The van der Waals surface area contributed by atoms with Crippen molar-refractivity contribution < 1.29 is 9.84 Å². The van der Waals surface area contributed by atoms with Gasteiger partial charge in [-0.1, -0.05) is 37.3 Å². The third-order valence-corrected chi connectivity index (χ3v) is 4.16. The van der Waals surface area contributed by atoms with Gasteiger partial charge in [-0.25, -0.2) is 0 Å². The zero-order valence-corrected chi connectivity index (χ0v) is 12.7. The van der Waals surface area contributed by atoms with Gasteiger partial charge in [-0.2, -0.15) is 0 Å². The number of benzene rings is 2. The molecule has 102 valence electrons. The predicted octanol–water partition coefficient (Wildman–Crippen LogP) is 4.06. The first-order valence-corrected chi connectivity index (χ1v) is 7.44. The van der Waals surface area contributed by atoms with E-state index in [9.17, 15) is 0 Å². The highest BCUT2D eigenvalue weighted by molar-refractivity contribution is 9.10. The van der Waals surface area contributed by atoms with E-state index in [1.165, 1.54) is 26.4 Å². The first-order chi connectivity index (χ1) is 9.27. The van der Waals surface area contributed by atoms with E-state index >= 15 is 0 Å². The van der Waals surface area contributed by atoms with Crippen molar-refractivity contribution in [2.75, 3.05) is 13.2 Å². The van der Waals surface area contributed by atoms with Crippen LogP contribution in [-0.2, 0) is 17.8 Å². The highest BCUT2D eigenvalue weighted by Gasteiger charge is 2.09. The van der Waals surface area contributed by atoms with Crippen molar-refractivity contribution >= 4 is 26.7 Å². The average Bonchev–Trinajstić information content (AvgIpc) is 2.46. The third kappa shape index (κ3) is 3.35. The number of halogens is 1. The van der Waals surface area contributed by atoms with Crippen LogP contribution in [-0.4, -0.2) is 18.3 Å². The second-order valence-electron chi connectivity index (χ2n) is 4.54. The Labute approximate surface area is 122 Å². The minimum atomic E-state index is 0.182. The normalized spacial score (nSPS) is 11.1. The Bertz CT molecular complexity index is 552. The van der Waals surface area contributed by atoms with Crippen LogP contribution in [0.25, 0.3) is 10.8 Å². The molecule has 2 aromatic rings. The van der Waals surface area contributed by atoms with E-state index in [4.69, 9.17) is 9.84 Å². The minimum absolute atomic E-state index is 0.182. The summed E-state index contributed by atoms with van der Waals surface area (Å²) < 4.78 is 6.82. The van der Waals surface area contributed by atoms with Gasteiger partial charge < -0.3 is 9.84 Å². The monoisotopic (exact) mass is 322 g/mol. The molecule has 0 unspecified atom stereocenters. The Morgan fingerprint density at radius 2 is 1.89 bits per heavy atom. The Kier molecular flexibility index (Phi) is 5.37. The molecule has 0 bridgehead atoms. The minimum Gasteiger partial charge on any atom is -0.396 e. The second kappa shape index (κ2) is 7.04. The number of hydrogen-bond acceptors (Lipinski definition) is 2. The Morgan fingerprint density at radius 1 is 1.16 bits per heavy atom. The fraction of sp³-hybridized carbons (Fsp3) is 0.375. The number of hydrogen-bond donors (Lipinski definition) is 1. The lowest BCUT2D eigenvalue weighted by atomic mass is 10.00. The quantitative estimate of drug-likeness (QED) is 0.812. The van der Waals surface area contributed by atoms with Gasteiger partial charge >= 0.3 is 0 Å². The maximum absolute atomic E-state index is 8.77. The van der Waals surface area contributed by atoms with Crippen LogP contribution in [0.5, 0.6) is 0 Å². The third-order valence-electron chi connectivity index (χ3n) is 3.23. The van der Waals surface area contributed by atoms with Gasteiger partial charge in [0.25, 0.3) is 0 Å². The van der Waals surface area contributed by atoms with Crippen LogP contribution < -0.4 is 0 Å². The van der Waals surface area contributed by atoms with Crippen LogP contribution in [0.1, 0.15) is 24.5 Å². The zero-order valence-electron chi connectivity index (χ0n) is 11.2. The van der Waals surface area contributed by atoms with Gasteiger partial charge in [0.05, 0.1) is 6.61 Å². The van der Waals surface area contributed by atoms with Crippen molar-refractivity contribution in [1.82, 2.24) is 0 Å². The molecule has 0 aromatic heterocycles. The van der Waals surface area contributed by atoms with Gasteiger partial charge in [0.1, 0.15) is 0 Å². The maximum Gasteiger partial charge on any atom is 0.0722 e. The Morgan fingerprint density at radius 3 is 2.58 bits per heavy atom. The number of aliphatic hydroxyl groups is 1. The smallest absolute Gasteiger partial charge is 0.0722 e. The molecule has 0 aliphatic rings. The highest BCUT2D eigenvalue weighted by atomic mass is 79.9. The number of fused-ring (bicyclic) bond motifs is 1. The summed E-state index contributed by atoms with van der Waals surface area (Å²) in [6, 6.07) is 10.6. The molecule has 1 N–H and O–H groups in total. The molecule has 2 nitrogen and oxygen atoms in total. The predicted molar refractivity (Wildman–Crippen MR) is 82.4 cm³/mol. The topological polar surface area (TPSA) is 29.5 Å². The van der Waals surface area contributed by atoms with Gasteiger partial charge in [0.2, 0.25) is 0 Å². The number of aliphatic hydroxyl groups excluding tert-OH is 1. The first kappa shape index (κ1) is 14.5. The van der Waals surface area contributed by atoms with Crippen molar-refractivity contribution in [3.8, 4) is 0 Å². The van der Waals surface area contributed by atoms with Gasteiger partial charge in [-0.3, -0.25) is 0 Å². The summed E-state index contributed by atoms with van der Waals surface area (Å²) in [5.74, 6) is 0. The molecule has 0 saturated heterocycles. The van der Waals surface area contributed by atoms with Crippen LogP contribution in [0.2, 0.25) is 0 Å². The van der Waals surface area contributed by atoms with Crippen molar-refractivity contribution in [2.24, 2.45) is 0 Å². The fourth-order valence-electron chi connectivity index (χ4n) is 2.20. The summed E-state index contributed by atoms with van der Waals surface area (Å²) in [7, 11) is 0. The van der Waals surface area contributed by atoms with Crippen LogP contribution in [0.4, 0.5) is 0 Å². The number of aryl methyl sites for hydroxylation is 1. The molecule has 0 spiro atoms. The fourth-order valence-corrected chi connectivity index (χ4v) is 2.94. The van der Waals surface area contributed by atoms with E-state index in [1.807, 2.05) is 0 Å². The molecule has 0 radical (unpaired) electrons. The van der Waals surface area contributed by atoms with E-state index in [2.05, 4.69) is 53.2 Å². The standard InChI is InChI=1S/C16H19BrO2/c1-2-12-10-13(11-19-9-5-8-18)14-6-3-4-7-15(14)16(12)17/h3-4,6-7,10,18H,2,5,8-9,11H2,1H3. The molecular formula is C16H19BrO2. The molecule has 0 aliphatic heterocycles. The molecule has 0 atom stereocenters. The summed E-state index contributed by atoms with van der Waals surface area (Å²) >= 11 is 3.70. The summed E-state index contributed by atoms with van der Waals surface area (Å²) in [5, 5.41) is 11.2. The summed E-state index contributed by atoms with van der Waals surface area (Å²) in [4.78, 5) is 0. The Hall–Kier alpha value is -0.900. The lowest BCUT2D eigenvalue weighted by Gasteiger charge is -2.12. The van der Waals surface area contributed by atoms with Crippen LogP contribution in [0, 0.1) is 0 Å². The van der Waals surface area contributed by atoms with Gasteiger partial charge in [-0.05, 0) is 50.7 Å². The van der Waals surface area contributed by atoms with Crippen molar-refractivity contribution in [1.29, 1.82) is 0 Å².